The summed E-state index contributed by atoms with van der Waals surface area (Å²) in [5, 5.41) is 9.71. The van der Waals surface area contributed by atoms with Gasteiger partial charge in [0, 0.05) is 5.56 Å². The first-order valence-corrected chi connectivity index (χ1v) is 10.4. The third-order valence-corrected chi connectivity index (χ3v) is 6.58. The first kappa shape index (κ1) is 20.9. The maximum Gasteiger partial charge on any atom is 0.310 e. The largest absolute Gasteiger partial charge is 0.497 e. The smallest absolute Gasteiger partial charge is 0.310 e. The molecule has 2 aromatic rings. The number of ether oxygens (including phenoxy) is 2. The molecule has 1 saturated carbocycles. The minimum absolute atomic E-state index is 0.00357. The quantitative estimate of drug-likeness (QED) is 0.659. The minimum Gasteiger partial charge on any atom is -0.497 e. The summed E-state index contributed by atoms with van der Waals surface area (Å²) in [6.07, 6.45) is 7.44. The lowest BCUT2D eigenvalue weighted by Crippen LogP contribution is -2.40. The van der Waals surface area contributed by atoms with Gasteiger partial charge < -0.3 is 14.6 Å². The van der Waals surface area contributed by atoms with Crippen LogP contribution in [0.25, 0.3) is 0 Å². The standard InChI is InChI=1S/C26H26O5/c1-30-19-9-5-17(6-10-19)16-26(24(27)18-7-11-20(31-2)12-8-18)15-3-4-21-22(25(28)29)13-14-23(21)26/h3-12,15,22-23H,13-14,16H2,1-2H3,(H,28,29). The second kappa shape index (κ2) is 8.42. The number of aliphatic carboxylic acids is 1. The molecule has 0 spiro atoms. The van der Waals surface area contributed by atoms with E-state index in [1.807, 2.05) is 42.5 Å². The molecule has 0 heterocycles. The predicted molar refractivity (Wildman–Crippen MR) is 118 cm³/mol. The van der Waals surface area contributed by atoms with Gasteiger partial charge in [-0.3, -0.25) is 9.59 Å². The normalized spacial score (nSPS) is 24.3. The van der Waals surface area contributed by atoms with Crippen molar-refractivity contribution in [3.8, 4) is 11.5 Å². The van der Waals surface area contributed by atoms with Gasteiger partial charge in [0.25, 0.3) is 0 Å². The average molecular weight is 418 g/mol. The minimum atomic E-state index is -0.836. The van der Waals surface area contributed by atoms with Crippen LogP contribution < -0.4 is 9.47 Å². The highest BCUT2D eigenvalue weighted by Gasteiger charge is 2.51. The fourth-order valence-corrected chi connectivity index (χ4v) is 5.00. The number of methoxy groups -OCH3 is 2. The number of carbonyl (C=O) groups is 2. The second-order valence-electron chi connectivity index (χ2n) is 8.17. The third kappa shape index (κ3) is 3.76. The molecule has 3 atom stereocenters. The lowest BCUT2D eigenvalue weighted by molar-refractivity contribution is -0.140. The Morgan fingerprint density at radius 1 is 0.968 bits per heavy atom. The molecule has 5 heteroatoms. The Morgan fingerprint density at radius 2 is 1.58 bits per heavy atom. The van der Waals surface area contributed by atoms with Crippen molar-refractivity contribution in [1.29, 1.82) is 0 Å². The summed E-state index contributed by atoms with van der Waals surface area (Å²) in [6, 6.07) is 14.9. The lowest BCUT2D eigenvalue weighted by Gasteiger charge is -2.39. The summed E-state index contributed by atoms with van der Waals surface area (Å²) in [5.74, 6) is -0.0505. The van der Waals surface area contributed by atoms with Gasteiger partial charge in [-0.2, -0.15) is 0 Å². The van der Waals surface area contributed by atoms with Crippen molar-refractivity contribution in [3.05, 3.63) is 83.5 Å². The topological polar surface area (TPSA) is 72.8 Å². The van der Waals surface area contributed by atoms with E-state index in [9.17, 15) is 14.7 Å². The highest BCUT2D eigenvalue weighted by atomic mass is 16.5. The Hall–Kier alpha value is -3.34. The van der Waals surface area contributed by atoms with Gasteiger partial charge in [0.2, 0.25) is 0 Å². The molecule has 160 valence electrons. The van der Waals surface area contributed by atoms with E-state index < -0.39 is 17.3 Å². The van der Waals surface area contributed by atoms with Crippen LogP contribution in [0.3, 0.4) is 0 Å². The van der Waals surface area contributed by atoms with Crippen LogP contribution in [0.15, 0.2) is 72.3 Å². The van der Waals surface area contributed by atoms with E-state index in [0.717, 1.165) is 16.9 Å². The van der Waals surface area contributed by atoms with Gasteiger partial charge in [-0.1, -0.05) is 35.9 Å². The fraction of sp³-hybridized carbons (Fsp3) is 0.308. The molecule has 0 bridgehead atoms. The van der Waals surface area contributed by atoms with Gasteiger partial charge in [0.15, 0.2) is 5.78 Å². The molecule has 0 aromatic heterocycles. The number of benzene rings is 2. The zero-order valence-corrected chi connectivity index (χ0v) is 17.7. The molecule has 1 N–H and O–H groups in total. The van der Waals surface area contributed by atoms with Gasteiger partial charge in [-0.25, -0.2) is 0 Å². The van der Waals surface area contributed by atoms with Crippen LogP contribution in [-0.4, -0.2) is 31.1 Å². The van der Waals surface area contributed by atoms with E-state index in [1.54, 1.807) is 38.5 Å². The molecule has 5 nitrogen and oxygen atoms in total. The van der Waals surface area contributed by atoms with E-state index in [-0.39, 0.29) is 11.7 Å². The summed E-state index contributed by atoms with van der Waals surface area (Å²) in [4.78, 5) is 25.8. The molecule has 2 aliphatic carbocycles. The van der Waals surface area contributed by atoms with Crippen LogP contribution in [0, 0.1) is 17.3 Å². The molecule has 2 aliphatic rings. The number of carboxylic acids is 1. The first-order chi connectivity index (χ1) is 15.0. The maximum absolute atomic E-state index is 14.0. The van der Waals surface area contributed by atoms with Crippen LogP contribution >= 0.6 is 0 Å². The van der Waals surface area contributed by atoms with Crippen LogP contribution in [0.5, 0.6) is 11.5 Å². The number of rotatable bonds is 7. The van der Waals surface area contributed by atoms with Crippen molar-refractivity contribution in [2.24, 2.45) is 17.3 Å². The highest BCUT2D eigenvalue weighted by Crippen LogP contribution is 2.52. The maximum atomic E-state index is 14.0. The van der Waals surface area contributed by atoms with Gasteiger partial charge >= 0.3 is 5.97 Å². The summed E-state index contributed by atoms with van der Waals surface area (Å²) in [6.45, 7) is 0. The van der Waals surface area contributed by atoms with Crippen molar-refractivity contribution >= 4 is 11.8 Å². The molecule has 0 amide bonds. The van der Waals surface area contributed by atoms with Crippen LogP contribution in [0.2, 0.25) is 0 Å². The number of hydrogen-bond donors (Lipinski definition) is 1. The van der Waals surface area contributed by atoms with Crippen LogP contribution in [-0.2, 0) is 11.2 Å². The summed E-state index contributed by atoms with van der Waals surface area (Å²) in [5.41, 5.74) is 1.62. The Kier molecular flexibility index (Phi) is 5.68. The fourth-order valence-electron chi connectivity index (χ4n) is 5.00. The molecule has 3 unspecified atom stereocenters. The Balaban J connectivity index is 1.76. The van der Waals surface area contributed by atoms with E-state index >= 15 is 0 Å². The number of ketones is 1. The van der Waals surface area contributed by atoms with Crippen molar-refractivity contribution in [2.45, 2.75) is 19.3 Å². The van der Waals surface area contributed by atoms with Crippen LogP contribution in [0.4, 0.5) is 0 Å². The van der Waals surface area contributed by atoms with Crippen molar-refractivity contribution in [2.75, 3.05) is 14.2 Å². The number of carboxylic acid groups (broad SMARTS) is 1. The SMILES string of the molecule is COc1ccc(CC2(C(=O)c3ccc(OC)cc3)C=CC=C3C(C(=O)O)CCC32)cc1. The summed E-state index contributed by atoms with van der Waals surface area (Å²) < 4.78 is 10.5. The van der Waals surface area contributed by atoms with E-state index in [1.165, 1.54) is 0 Å². The van der Waals surface area contributed by atoms with Crippen molar-refractivity contribution in [1.82, 2.24) is 0 Å². The number of carbonyl (C=O) groups excluding carboxylic acids is 1. The molecular formula is C26H26O5. The molecular weight excluding hydrogens is 392 g/mol. The van der Waals surface area contributed by atoms with Gasteiger partial charge in [0.05, 0.1) is 25.6 Å². The summed E-state index contributed by atoms with van der Waals surface area (Å²) in [7, 11) is 3.21. The molecule has 1 fully saturated rings. The van der Waals surface area contributed by atoms with E-state index in [2.05, 4.69) is 0 Å². The monoisotopic (exact) mass is 418 g/mol. The van der Waals surface area contributed by atoms with Gasteiger partial charge in [-0.15, -0.1) is 0 Å². The number of fused-ring (bicyclic) bond motifs is 1. The lowest BCUT2D eigenvalue weighted by atomic mass is 9.62. The molecule has 31 heavy (non-hydrogen) atoms. The van der Waals surface area contributed by atoms with Crippen molar-refractivity contribution < 1.29 is 24.2 Å². The zero-order valence-electron chi connectivity index (χ0n) is 17.7. The molecule has 0 saturated heterocycles. The van der Waals surface area contributed by atoms with E-state index in [0.29, 0.717) is 30.6 Å². The Morgan fingerprint density at radius 3 is 2.16 bits per heavy atom. The Bertz CT molecular complexity index is 1030. The van der Waals surface area contributed by atoms with E-state index in [4.69, 9.17) is 9.47 Å². The second-order valence-corrected chi connectivity index (χ2v) is 8.17. The first-order valence-electron chi connectivity index (χ1n) is 10.4. The van der Waals surface area contributed by atoms with Crippen molar-refractivity contribution in [3.63, 3.8) is 0 Å². The number of Topliss-reactive ketones (excluding diaryl/α,β-unsaturated/α-hetero) is 1. The molecule has 0 radical (unpaired) electrons. The Labute approximate surface area is 182 Å². The molecule has 0 aliphatic heterocycles. The van der Waals surface area contributed by atoms with Crippen LogP contribution in [0.1, 0.15) is 28.8 Å². The highest BCUT2D eigenvalue weighted by molar-refractivity contribution is 6.03. The molecule has 4 rings (SSSR count). The predicted octanol–water partition coefficient (Wildman–Crippen LogP) is 4.72. The third-order valence-electron chi connectivity index (χ3n) is 6.58. The average Bonchev–Trinajstić information content (AvgIpc) is 3.25. The summed E-state index contributed by atoms with van der Waals surface area (Å²) >= 11 is 0. The number of hydrogen-bond acceptors (Lipinski definition) is 4. The van der Waals surface area contributed by atoms with Gasteiger partial charge in [-0.05, 0) is 67.1 Å². The molecule has 2 aromatic carbocycles. The van der Waals surface area contributed by atoms with Gasteiger partial charge in [0.1, 0.15) is 11.5 Å². The number of allylic oxidation sites excluding steroid dienone is 3. The zero-order chi connectivity index (χ0) is 22.0.